The number of nitrogens with one attached hydrogen (secondary N) is 1. The van der Waals surface area contributed by atoms with Gasteiger partial charge in [-0.15, -0.1) is 0 Å². The zero-order valence-corrected chi connectivity index (χ0v) is 18.1. The quantitative estimate of drug-likeness (QED) is 0.246. The van der Waals surface area contributed by atoms with Crippen molar-refractivity contribution >= 4 is 11.9 Å². The van der Waals surface area contributed by atoms with Gasteiger partial charge in [0, 0.05) is 12.8 Å². The summed E-state index contributed by atoms with van der Waals surface area (Å²) in [5, 5.41) is 12.0. The number of unbranched alkanes of at least 4 members (excludes halogenated alkanes) is 9. The van der Waals surface area contributed by atoms with Crippen LogP contribution in [0.25, 0.3) is 0 Å². The maximum absolute atomic E-state index is 12.1. The predicted octanol–water partition coefficient (Wildman–Crippen LogP) is 6.06. The highest BCUT2D eigenvalue weighted by molar-refractivity contribution is 5.83. The van der Waals surface area contributed by atoms with E-state index in [0.29, 0.717) is 12.8 Å². The van der Waals surface area contributed by atoms with Crippen LogP contribution >= 0.6 is 0 Å². The molecule has 1 aromatic carbocycles. The van der Waals surface area contributed by atoms with E-state index < -0.39 is 12.0 Å². The van der Waals surface area contributed by atoms with Crippen LogP contribution in [-0.4, -0.2) is 23.0 Å². The summed E-state index contributed by atoms with van der Waals surface area (Å²) in [7, 11) is 0. The second-order valence-electron chi connectivity index (χ2n) is 7.78. The Balaban J connectivity index is 2.05. The zero-order valence-electron chi connectivity index (χ0n) is 18.1. The molecule has 4 heteroatoms. The van der Waals surface area contributed by atoms with Gasteiger partial charge in [0.15, 0.2) is 0 Å². The Kier molecular flexibility index (Phi) is 14.5. The van der Waals surface area contributed by atoms with Crippen molar-refractivity contribution in [3.63, 3.8) is 0 Å². The number of carboxylic acid groups (broad SMARTS) is 1. The normalized spacial score (nSPS) is 12.2. The monoisotopic (exact) mass is 401 g/mol. The van der Waals surface area contributed by atoms with E-state index in [4.69, 9.17) is 0 Å². The van der Waals surface area contributed by atoms with Crippen LogP contribution in [0.4, 0.5) is 0 Å². The molecule has 2 N–H and O–H groups in total. The van der Waals surface area contributed by atoms with Crippen LogP contribution in [0.3, 0.4) is 0 Å². The van der Waals surface area contributed by atoms with Crippen molar-refractivity contribution < 1.29 is 14.7 Å². The highest BCUT2D eigenvalue weighted by atomic mass is 16.4. The van der Waals surface area contributed by atoms with Crippen LogP contribution in [-0.2, 0) is 16.0 Å². The maximum Gasteiger partial charge on any atom is 0.326 e. The number of carboxylic acids is 1. The molecule has 0 spiro atoms. The molecule has 0 bridgehead atoms. The fourth-order valence-corrected chi connectivity index (χ4v) is 3.32. The third kappa shape index (κ3) is 13.7. The first-order valence-corrected chi connectivity index (χ1v) is 11.3. The largest absolute Gasteiger partial charge is 0.480 e. The highest BCUT2D eigenvalue weighted by Crippen LogP contribution is 2.09. The molecule has 0 saturated carbocycles. The second kappa shape index (κ2) is 16.8. The molecule has 1 aromatic rings. The van der Waals surface area contributed by atoms with Gasteiger partial charge in [0.2, 0.25) is 5.91 Å². The minimum absolute atomic E-state index is 0.167. The van der Waals surface area contributed by atoms with Crippen LogP contribution in [0.5, 0.6) is 0 Å². The molecule has 0 heterocycles. The van der Waals surface area contributed by atoms with E-state index in [0.717, 1.165) is 31.2 Å². The van der Waals surface area contributed by atoms with Gasteiger partial charge in [-0.05, 0) is 37.7 Å². The molecule has 0 aliphatic carbocycles. The molecule has 0 saturated heterocycles. The van der Waals surface area contributed by atoms with Crippen LogP contribution in [0.2, 0.25) is 0 Å². The molecule has 0 aliphatic rings. The van der Waals surface area contributed by atoms with E-state index in [-0.39, 0.29) is 5.91 Å². The number of carbonyl (C=O) groups is 2. The molecule has 0 radical (unpaired) electrons. The fourth-order valence-electron chi connectivity index (χ4n) is 3.32. The Morgan fingerprint density at radius 1 is 0.897 bits per heavy atom. The Bertz CT molecular complexity index is 583. The van der Waals surface area contributed by atoms with Gasteiger partial charge in [-0.1, -0.05) is 87.9 Å². The molecule has 162 valence electrons. The summed E-state index contributed by atoms with van der Waals surface area (Å²) >= 11 is 0. The first-order valence-electron chi connectivity index (χ1n) is 11.3. The summed E-state index contributed by atoms with van der Waals surface area (Å²) in [6, 6.07) is 8.54. The van der Waals surface area contributed by atoms with Gasteiger partial charge in [-0.3, -0.25) is 4.79 Å². The van der Waals surface area contributed by atoms with Crippen molar-refractivity contribution in [2.24, 2.45) is 0 Å². The van der Waals surface area contributed by atoms with Gasteiger partial charge in [0.25, 0.3) is 0 Å². The first kappa shape index (κ1) is 24.9. The van der Waals surface area contributed by atoms with Gasteiger partial charge >= 0.3 is 5.97 Å². The molecule has 4 nitrogen and oxygen atoms in total. The molecule has 0 fully saturated rings. The maximum atomic E-state index is 12.1. The Hall–Kier alpha value is -2.10. The van der Waals surface area contributed by atoms with Gasteiger partial charge in [-0.25, -0.2) is 4.79 Å². The van der Waals surface area contributed by atoms with Crippen LogP contribution in [0.15, 0.2) is 42.5 Å². The number of carbonyl (C=O) groups excluding carboxylic acids is 1. The molecule has 1 rings (SSSR count). The zero-order chi connectivity index (χ0) is 21.2. The lowest BCUT2D eigenvalue weighted by Gasteiger charge is -2.14. The summed E-state index contributed by atoms with van der Waals surface area (Å²) in [5.74, 6) is -1.15. The van der Waals surface area contributed by atoms with Crippen LogP contribution in [0.1, 0.15) is 89.5 Å². The lowest BCUT2D eigenvalue weighted by atomic mass is 10.1. The summed E-state index contributed by atoms with van der Waals surface area (Å²) in [6.07, 6.45) is 18.3. The number of aliphatic carboxylic acids is 1. The van der Waals surface area contributed by atoms with Gasteiger partial charge in [-0.2, -0.15) is 0 Å². The topological polar surface area (TPSA) is 66.4 Å². The fraction of sp³-hybridized carbons (Fsp3) is 0.600. The molecule has 0 unspecified atom stereocenters. The van der Waals surface area contributed by atoms with Crippen molar-refractivity contribution in [2.75, 3.05) is 0 Å². The van der Waals surface area contributed by atoms with Crippen LogP contribution < -0.4 is 5.32 Å². The minimum Gasteiger partial charge on any atom is -0.480 e. The Labute approximate surface area is 176 Å². The third-order valence-electron chi connectivity index (χ3n) is 5.08. The minimum atomic E-state index is -0.986. The van der Waals surface area contributed by atoms with Crippen molar-refractivity contribution in [3.05, 3.63) is 48.0 Å². The predicted molar refractivity (Wildman–Crippen MR) is 120 cm³/mol. The number of rotatable bonds is 17. The molecule has 1 amide bonds. The molecule has 0 aromatic heterocycles. The number of amides is 1. The number of benzene rings is 1. The van der Waals surface area contributed by atoms with Crippen molar-refractivity contribution in [3.8, 4) is 0 Å². The van der Waals surface area contributed by atoms with E-state index in [9.17, 15) is 14.7 Å². The van der Waals surface area contributed by atoms with E-state index in [1.54, 1.807) is 0 Å². The standard InChI is InChI=1S/C25H39NO3/c1-2-3-4-5-6-7-8-9-10-11-12-13-17-20-24(27)26-23(25(28)29)21-22-18-15-14-16-19-22/h7-8,14-16,18-19,23H,2-6,9-13,17,20-21H2,1H3,(H,26,27)(H,28,29)/t23-/m0/s1. The molecule has 0 aliphatic heterocycles. The Morgan fingerprint density at radius 3 is 2.10 bits per heavy atom. The van der Waals surface area contributed by atoms with Crippen LogP contribution in [0, 0.1) is 0 Å². The molecule has 1 atom stereocenters. The van der Waals surface area contributed by atoms with E-state index in [1.807, 2.05) is 30.3 Å². The van der Waals surface area contributed by atoms with E-state index in [2.05, 4.69) is 24.4 Å². The van der Waals surface area contributed by atoms with Gasteiger partial charge < -0.3 is 10.4 Å². The SMILES string of the molecule is CCCCCCC=CCCCCCCCC(=O)N[C@@H](Cc1ccccc1)C(=O)O. The summed E-state index contributed by atoms with van der Waals surface area (Å²) < 4.78 is 0. The lowest BCUT2D eigenvalue weighted by molar-refractivity contribution is -0.141. The highest BCUT2D eigenvalue weighted by Gasteiger charge is 2.19. The molecular weight excluding hydrogens is 362 g/mol. The van der Waals surface area contributed by atoms with Gasteiger partial charge in [0.1, 0.15) is 6.04 Å². The summed E-state index contributed by atoms with van der Waals surface area (Å²) in [6.45, 7) is 2.24. The van der Waals surface area contributed by atoms with Gasteiger partial charge in [0.05, 0.1) is 0 Å². The summed E-state index contributed by atoms with van der Waals surface area (Å²) in [4.78, 5) is 23.5. The number of hydrogen-bond donors (Lipinski definition) is 2. The van der Waals surface area contributed by atoms with E-state index >= 15 is 0 Å². The Morgan fingerprint density at radius 2 is 1.48 bits per heavy atom. The number of hydrogen-bond acceptors (Lipinski definition) is 2. The first-order chi connectivity index (χ1) is 14.1. The third-order valence-corrected chi connectivity index (χ3v) is 5.08. The number of allylic oxidation sites excluding steroid dienone is 2. The van der Waals surface area contributed by atoms with Crippen molar-refractivity contribution in [1.82, 2.24) is 5.32 Å². The van der Waals surface area contributed by atoms with Crippen molar-refractivity contribution in [2.45, 2.75) is 96.4 Å². The smallest absolute Gasteiger partial charge is 0.326 e. The molecular formula is C25H39NO3. The second-order valence-corrected chi connectivity index (χ2v) is 7.78. The average Bonchev–Trinajstić information content (AvgIpc) is 2.71. The van der Waals surface area contributed by atoms with E-state index in [1.165, 1.54) is 44.9 Å². The van der Waals surface area contributed by atoms with Crippen molar-refractivity contribution in [1.29, 1.82) is 0 Å². The lowest BCUT2D eigenvalue weighted by Crippen LogP contribution is -2.42. The molecule has 29 heavy (non-hydrogen) atoms. The summed E-state index contributed by atoms with van der Waals surface area (Å²) in [5.41, 5.74) is 0.912. The average molecular weight is 402 g/mol.